The normalized spacial score (nSPS) is 20.9. The van der Waals surface area contributed by atoms with E-state index in [9.17, 15) is 4.39 Å². The molecule has 0 saturated carbocycles. The molecule has 0 amide bonds. The van der Waals surface area contributed by atoms with Crippen LogP contribution in [0.15, 0.2) is 24.3 Å². The van der Waals surface area contributed by atoms with Crippen molar-refractivity contribution in [3.8, 4) is 0 Å². The Morgan fingerprint density at radius 3 is 2.53 bits per heavy atom. The first-order valence-corrected chi connectivity index (χ1v) is 5.02. The Balaban J connectivity index is 0.00000112. The van der Waals surface area contributed by atoms with Gasteiger partial charge in [0, 0.05) is 24.8 Å². The quantitative estimate of drug-likeness (QED) is 0.801. The van der Waals surface area contributed by atoms with Gasteiger partial charge >= 0.3 is 0 Å². The van der Waals surface area contributed by atoms with E-state index in [1.54, 1.807) is 0 Å². The van der Waals surface area contributed by atoms with Crippen LogP contribution in [0.2, 0.25) is 0 Å². The number of nitrogens with two attached hydrogens (primary N) is 1. The van der Waals surface area contributed by atoms with Gasteiger partial charge in [0.15, 0.2) is 0 Å². The van der Waals surface area contributed by atoms with Crippen LogP contribution in [0.3, 0.4) is 0 Å². The fraction of sp³-hybridized carbons (Fsp3) is 0.455. The summed E-state index contributed by atoms with van der Waals surface area (Å²) in [5.41, 5.74) is 6.95. The number of anilines is 1. The maximum atomic E-state index is 12.7. The van der Waals surface area contributed by atoms with E-state index in [-0.39, 0.29) is 24.3 Å². The monoisotopic (exact) mass is 230 g/mol. The highest BCUT2D eigenvalue weighted by Gasteiger charge is 2.16. The first-order chi connectivity index (χ1) is 6.75. The van der Waals surface area contributed by atoms with Crippen LogP contribution in [0.1, 0.15) is 12.8 Å². The van der Waals surface area contributed by atoms with Gasteiger partial charge < -0.3 is 10.6 Å². The summed E-state index contributed by atoms with van der Waals surface area (Å²) in [5, 5.41) is 0. The predicted octanol–water partition coefficient (Wildman–Crippen LogP) is 2.17. The Morgan fingerprint density at radius 2 is 1.93 bits per heavy atom. The molecule has 1 atom stereocenters. The third-order valence-electron chi connectivity index (χ3n) is 2.65. The van der Waals surface area contributed by atoms with Crippen LogP contribution in [0, 0.1) is 5.82 Å². The Bertz CT molecular complexity index is 302. The smallest absolute Gasteiger partial charge is 0.123 e. The lowest BCUT2D eigenvalue weighted by Crippen LogP contribution is -2.42. The molecule has 0 radical (unpaired) electrons. The van der Waals surface area contributed by atoms with Crippen molar-refractivity contribution in [1.82, 2.24) is 0 Å². The van der Waals surface area contributed by atoms with E-state index in [2.05, 4.69) is 4.90 Å². The van der Waals surface area contributed by atoms with Crippen molar-refractivity contribution >= 4 is 18.1 Å². The first kappa shape index (κ1) is 12.3. The molecule has 0 aliphatic carbocycles. The number of hydrogen-bond donors (Lipinski definition) is 1. The number of benzene rings is 1. The van der Waals surface area contributed by atoms with Crippen LogP contribution in [0.25, 0.3) is 0 Å². The molecule has 1 aromatic rings. The highest BCUT2D eigenvalue weighted by molar-refractivity contribution is 5.85. The topological polar surface area (TPSA) is 29.3 Å². The van der Waals surface area contributed by atoms with Crippen molar-refractivity contribution in [2.75, 3.05) is 18.0 Å². The fourth-order valence-electron chi connectivity index (χ4n) is 1.90. The minimum atomic E-state index is -0.185. The van der Waals surface area contributed by atoms with Gasteiger partial charge in [-0.1, -0.05) is 0 Å². The molecule has 1 saturated heterocycles. The molecule has 2 N–H and O–H groups in total. The van der Waals surface area contributed by atoms with E-state index in [4.69, 9.17) is 5.73 Å². The minimum absolute atomic E-state index is 0. The standard InChI is InChI=1S/C11H15FN2.ClH/c12-9-3-5-11(6-4-9)14-7-1-2-10(13)8-14;/h3-6,10H,1-2,7-8,13H2;1H/t10-;/m0./s1. The van der Waals surface area contributed by atoms with E-state index in [0.717, 1.165) is 31.6 Å². The molecule has 1 aliphatic heterocycles. The summed E-state index contributed by atoms with van der Waals surface area (Å²) in [4.78, 5) is 2.22. The Hall–Kier alpha value is -0.800. The molecular weight excluding hydrogens is 215 g/mol. The molecule has 0 spiro atoms. The summed E-state index contributed by atoms with van der Waals surface area (Å²) in [6.07, 6.45) is 2.22. The van der Waals surface area contributed by atoms with Crippen molar-refractivity contribution in [2.45, 2.75) is 18.9 Å². The van der Waals surface area contributed by atoms with Gasteiger partial charge in [0.1, 0.15) is 5.82 Å². The van der Waals surface area contributed by atoms with E-state index in [0.29, 0.717) is 0 Å². The zero-order valence-electron chi connectivity index (χ0n) is 8.53. The number of hydrogen-bond acceptors (Lipinski definition) is 2. The van der Waals surface area contributed by atoms with Crippen molar-refractivity contribution in [3.05, 3.63) is 30.1 Å². The second-order valence-electron chi connectivity index (χ2n) is 3.82. The zero-order valence-corrected chi connectivity index (χ0v) is 9.34. The molecule has 4 heteroatoms. The van der Waals surface area contributed by atoms with Gasteiger partial charge in [-0.25, -0.2) is 4.39 Å². The predicted molar refractivity (Wildman–Crippen MR) is 63.1 cm³/mol. The SMILES string of the molecule is Cl.N[C@H]1CCCN(c2ccc(F)cc2)C1. The maximum absolute atomic E-state index is 12.7. The first-order valence-electron chi connectivity index (χ1n) is 5.02. The lowest BCUT2D eigenvalue weighted by molar-refractivity contribution is 0.506. The molecule has 2 rings (SSSR count). The van der Waals surface area contributed by atoms with E-state index in [1.165, 1.54) is 12.1 Å². The number of halogens is 2. The van der Waals surface area contributed by atoms with E-state index < -0.39 is 0 Å². The molecule has 15 heavy (non-hydrogen) atoms. The summed E-state index contributed by atoms with van der Waals surface area (Å²) in [5.74, 6) is -0.185. The molecule has 1 heterocycles. The molecule has 2 nitrogen and oxygen atoms in total. The van der Waals surface area contributed by atoms with Crippen molar-refractivity contribution in [2.24, 2.45) is 5.73 Å². The van der Waals surface area contributed by atoms with E-state index in [1.807, 2.05) is 12.1 Å². The molecule has 0 unspecified atom stereocenters. The maximum Gasteiger partial charge on any atom is 0.123 e. The van der Waals surface area contributed by atoms with Crippen LogP contribution in [-0.2, 0) is 0 Å². The van der Waals surface area contributed by atoms with Crippen molar-refractivity contribution in [3.63, 3.8) is 0 Å². The van der Waals surface area contributed by atoms with Gasteiger partial charge in [-0.2, -0.15) is 0 Å². The second kappa shape index (κ2) is 5.33. The molecule has 0 bridgehead atoms. The van der Waals surface area contributed by atoms with Crippen LogP contribution in [-0.4, -0.2) is 19.1 Å². The highest BCUT2D eigenvalue weighted by Crippen LogP contribution is 2.19. The lowest BCUT2D eigenvalue weighted by atomic mass is 10.1. The molecule has 0 aromatic heterocycles. The summed E-state index contributed by atoms with van der Waals surface area (Å²) in [6, 6.07) is 6.87. The minimum Gasteiger partial charge on any atom is -0.370 e. The molecule has 84 valence electrons. The van der Waals surface area contributed by atoms with Gasteiger partial charge in [-0.3, -0.25) is 0 Å². The fourth-order valence-corrected chi connectivity index (χ4v) is 1.90. The Morgan fingerprint density at radius 1 is 1.27 bits per heavy atom. The lowest BCUT2D eigenvalue weighted by Gasteiger charge is -2.32. The number of rotatable bonds is 1. The van der Waals surface area contributed by atoms with Gasteiger partial charge in [0.05, 0.1) is 0 Å². The average molecular weight is 231 g/mol. The summed E-state index contributed by atoms with van der Waals surface area (Å²) < 4.78 is 12.7. The van der Waals surface area contributed by atoms with Gasteiger partial charge in [-0.15, -0.1) is 12.4 Å². The summed E-state index contributed by atoms with van der Waals surface area (Å²) in [6.45, 7) is 1.91. The third-order valence-corrected chi connectivity index (χ3v) is 2.65. The molecule has 1 fully saturated rings. The Kier molecular flexibility index (Phi) is 4.36. The second-order valence-corrected chi connectivity index (χ2v) is 3.82. The number of piperidine rings is 1. The summed E-state index contributed by atoms with van der Waals surface area (Å²) in [7, 11) is 0. The highest BCUT2D eigenvalue weighted by atomic mass is 35.5. The van der Waals surface area contributed by atoms with Crippen LogP contribution < -0.4 is 10.6 Å². The molecular formula is C11H16ClFN2. The van der Waals surface area contributed by atoms with Crippen LogP contribution in [0.5, 0.6) is 0 Å². The van der Waals surface area contributed by atoms with E-state index >= 15 is 0 Å². The average Bonchev–Trinajstić information content (AvgIpc) is 2.19. The third kappa shape index (κ3) is 3.08. The van der Waals surface area contributed by atoms with Gasteiger partial charge in [-0.05, 0) is 37.1 Å². The zero-order chi connectivity index (χ0) is 9.97. The van der Waals surface area contributed by atoms with Gasteiger partial charge in [0.25, 0.3) is 0 Å². The molecule has 1 aromatic carbocycles. The Labute approximate surface area is 95.7 Å². The largest absolute Gasteiger partial charge is 0.370 e. The van der Waals surface area contributed by atoms with Crippen LogP contribution >= 0.6 is 12.4 Å². The van der Waals surface area contributed by atoms with Crippen LogP contribution in [0.4, 0.5) is 10.1 Å². The molecule has 1 aliphatic rings. The van der Waals surface area contributed by atoms with Crippen molar-refractivity contribution < 1.29 is 4.39 Å². The van der Waals surface area contributed by atoms with Gasteiger partial charge in [0.2, 0.25) is 0 Å². The summed E-state index contributed by atoms with van der Waals surface area (Å²) >= 11 is 0. The number of nitrogens with zero attached hydrogens (tertiary/aromatic N) is 1. The van der Waals surface area contributed by atoms with Crippen molar-refractivity contribution in [1.29, 1.82) is 0 Å².